The van der Waals surface area contributed by atoms with E-state index in [1.54, 1.807) is 12.1 Å². The van der Waals surface area contributed by atoms with Gasteiger partial charge < -0.3 is 10.6 Å². The maximum absolute atomic E-state index is 14.1. The average molecular weight is 380 g/mol. The summed E-state index contributed by atoms with van der Waals surface area (Å²) in [6, 6.07) is 11.8. The molecule has 4 rings (SSSR count). The number of amides is 1. The van der Waals surface area contributed by atoms with Gasteiger partial charge in [0.2, 0.25) is 11.9 Å². The Morgan fingerprint density at radius 2 is 1.86 bits per heavy atom. The van der Waals surface area contributed by atoms with Gasteiger partial charge in [-0.2, -0.15) is 0 Å². The molecule has 0 unspecified atom stereocenters. The molecule has 1 aromatic heterocycles. The maximum atomic E-state index is 14.1. The van der Waals surface area contributed by atoms with Gasteiger partial charge in [-0.3, -0.25) is 4.79 Å². The van der Waals surface area contributed by atoms with Gasteiger partial charge in [-0.15, -0.1) is 0 Å². The topological polar surface area (TPSA) is 66.9 Å². The Hall–Kier alpha value is -3.35. The summed E-state index contributed by atoms with van der Waals surface area (Å²) in [6.45, 7) is 0. The van der Waals surface area contributed by atoms with Crippen LogP contribution in [-0.2, 0) is 24.1 Å². The van der Waals surface area contributed by atoms with E-state index in [1.165, 1.54) is 12.1 Å². The number of para-hydroxylation sites is 1. The van der Waals surface area contributed by atoms with Gasteiger partial charge in [-0.25, -0.2) is 18.7 Å². The number of anilines is 3. The lowest BCUT2D eigenvalue weighted by Crippen LogP contribution is -2.20. The molecule has 1 amide bonds. The lowest BCUT2D eigenvalue weighted by Gasteiger charge is -2.20. The Morgan fingerprint density at radius 3 is 2.68 bits per heavy atom. The maximum Gasteiger partial charge on any atom is 0.227 e. The number of halogens is 2. The fourth-order valence-electron chi connectivity index (χ4n) is 3.18. The van der Waals surface area contributed by atoms with Crippen molar-refractivity contribution in [2.45, 2.75) is 25.7 Å². The average Bonchev–Trinajstić information content (AvgIpc) is 2.70. The Bertz CT molecular complexity index is 1020. The molecule has 0 saturated carbocycles. The second-order valence-electron chi connectivity index (χ2n) is 6.63. The zero-order valence-electron chi connectivity index (χ0n) is 15.0. The SMILES string of the molecule is O=C1CCc2cccc(Nc3ncc(F)c(CCc4ccc(F)cc4)n3)c2N1. The van der Waals surface area contributed by atoms with Crippen LogP contribution in [-0.4, -0.2) is 15.9 Å². The normalized spacial score (nSPS) is 13.0. The highest BCUT2D eigenvalue weighted by atomic mass is 19.1. The van der Waals surface area contributed by atoms with Crippen molar-refractivity contribution in [3.05, 3.63) is 77.1 Å². The third-order valence-electron chi connectivity index (χ3n) is 4.66. The molecule has 2 heterocycles. The summed E-state index contributed by atoms with van der Waals surface area (Å²) in [4.78, 5) is 20.0. The van der Waals surface area contributed by atoms with Crippen molar-refractivity contribution in [2.75, 3.05) is 10.6 Å². The van der Waals surface area contributed by atoms with Crippen molar-refractivity contribution < 1.29 is 13.6 Å². The van der Waals surface area contributed by atoms with Gasteiger partial charge in [0.1, 0.15) is 5.82 Å². The summed E-state index contributed by atoms with van der Waals surface area (Å²) in [5.74, 6) is -0.580. The zero-order chi connectivity index (χ0) is 19.5. The van der Waals surface area contributed by atoms with Gasteiger partial charge in [0.05, 0.1) is 23.3 Å². The number of fused-ring (bicyclic) bond motifs is 1. The molecule has 2 aromatic carbocycles. The fourth-order valence-corrected chi connectivity index (χ4v) is 3.18. The van der Waals surface area contributed by atoms with Crippen LogP contribution < -0.4 is 10.6 Å². The number of aryl methyl sites for hydroxylation is 3. The first-order chi connectivity index (χ1) is 13.6. The number of nitrogens with zero attached hydrogens (tertiary/aromatic N) is 2. The van der Waals surface area contributed by atoms with Gasteiger partial charge in [-0.1, -0.05) is 24.3 Å². The molecule has 0 radical (unpaired) electrons. The molecule has 7 heteroatoms. The minimum absolute atomic E-state index is 0.0400. The number of rotatable bonds is 5. The monoisotopic (exact) mass is 380 g/mol. The predicted molar refractivity (Wildman–Crippen MR) is 102 cm³/mol. The first-order valence-corrected chi connectivity index (χ1v) is 9.03. The highest BCUT2D eigenvalue weighted by Crippen LogP contribution is 2.32. The van der Waals surface area contributed by atoms with E-state index in [0.29, 0.717) is 37.1 Å². The van der Waals surface area contributed by atoms with Crippen molar-refractivity contribution in [1.82, 2.24) is 9.97 Å². The van der Waals surface area contributed by atoms with E-state index in [2.05, 4.69) is 20.6 Å². The molecule has 5 nitrogen and oxygen atoms in total. The van der Waals surface area contributed by atoms with Gasteiger partial charge in [0.25, 0.3) is 0 Å². The van der Waals surface area contributed by atoms with Crippen molar-refractivity contribution in [1.29, 1.82) is 0 Å². The Morgan fingerprint density at radius 1 is 1.04 bits per heavy atom. The molecular weight excluding hydrogens is 362 g/mol. The molecule has 1 aliphatic rings. The van der Waals surface area contributed by atoms with Crippen LogP contribution in [0, 0.1) is 11.6 Å². The van der Waals surface area contributed by atoms with E-state index in [9.17, 15) is 13.6 Å². The van der Waals surface area contributed by atoms with Crippen LogP contribution in [0.2, 0.25) is 0 Å². The van der Waals surface area contributed by atoms with Crippen molar-refractivity contribution in [3.63, 3.8) is 0 Å². The van der Waals surface area contributed by atoms with E-state index < -0.39 is 5.82 Å². The number of aromatic nitrogens is 2. The van der Waals surface area contributed by atoms with E-state index in [-0.39, 0.29) is 23.4 Å². The van der Waals surface area contributed by atoms with Crippen molar-refractivity contribution >= 4 is 23.2 Å². The third-order valence-corrected chi connectivity index (χ3v) is 4.66. The molecule has 0 aliphatic carbocycles. The summed E-state index contributed by atoms with van der Waals surface area (Å²) in [7, 11) is 0. The number of hydrogen-bond acceptors (Lipinski definition) is 4. The predicted octanol–water partition coefficient (Wildman–Crippen LogP) is 4.17. The van der Waals surface area contributed by atoms with Gasteiger partial charge in [-0.05, 0) is 48.6 Å². The second-order valence-corrected chi connectivity index (χ2v) is 6.63. The summed E-state index contributed by atoms with van der Waals surface area (Å²) in [6.07, 6.45) is 3.15. The van der Waals surface area contributed by atoms with Crippen LogP contribution >= 0.6 is 0 Å². The number of nitrogens with one attached hydrogen (secondary N) is 2. The van der Waals surface area contributed by atoms with Gasteiger partial charge >= 0.3 is 0 Å². The standard InChI is InChI=1S/C21H18F2N4O/c22-15-8-4-13(5-9-15)6-10-17-16(23)12-24-21(25-17)26-18-3-1-2-14-7-11-19(28)27-20(14)18/h1-5,8-9,12H,6-7,10-11H2,(H,27,28)(H,24,25,26). The van der Waals surface area contributed by atoms with Crippen LogP contribution in [0.1, 0.15) is 23.2 Å². The first-order valence-electron chi connectivity index (χ1n) is 9.03. The lowest BCUT2D eigenvalue weighted by molar-refractivity contribution is -0.116. The first kappa shape index (κ1) is 18.0. The van der Waals surface area contributed by atoms with Crippen molar-refractivity contribution in [3.8, 4) is 0 Å². The Labute approximate surface area is 160 Å². The molecule has 0 fully saturated rings. The summed E-state index contributed by atoms with van der Waals surface area (Å²) in [5, 5.41) is 5.94. The molecule has 0 bridgehead atoms. The molecule has 0 spiro atoms. The largest absolute Gasteiger partial charge is 0.324 e. The van der Waals surface area contributed by atoms with Crippen LogP contribution in [0.15, 0.2) is 48.7 Å². The molecule has 0 saturated heterocycles. The van der Waals surface area contributed by atoms with E-state index in [0.717, 1.165) is 17.3 Å². The summed E-state index contributed by atoms with van der Waals surface area (Å²) < 4.78 is 27.1. The highest BCUT2D eigenvalue weighted by Gasteiger charge is 2.18. The lowest BCUT2D eigenvalue weighted by atomic mass is 10.0. The minimum atomic E-state index is -0.490. The third kappa shape index (κ3) is 3.98. The highest BCUT2D eigenvalue weighted by molar-refractivity contribution is 5.98. The number of carbonyl (C=O) groups is 1. The van der Waals surface area contributed by atoms with Crippen LogP contribution in [0.3, 0.4) is 0 Å². The molecule has 0 atom stereocenters. The molecule has 3 aromatic rings. The molecule has 28 heavy (non-hydrogen) atoms. The minimum Gasteiger partial charge on any atom is -0.324 e. The molecule has 2 N–H and O–H groups in total. The van der Waals surface area contributed by atoms with Crippen LogP contribution in [0.5, 0.6) is 0 Å². The second kappa shape index (κ2) is 7.72. The summed E-state index contributed by atoms with van der Waals surface area (Å²) >= 11 is 0. The number of hydrogen-bond donors (Lipinski definition) is 2. The zero-order valence-corrected chi connectivity index (χ0v) is 15.0. The Kier molecular flexibility index (Phi) is 4.97. The quantitative estimate of drug-likeness (QED) is 0.697. The van der Waals surface area contributed by atoms with Crippen LogP contribution in [0.25, 0.3) is 0 Å². The van der Waals surface area contributed by atoms with E-state index in [4.69, 9.17) is 0 Å². The van der Waals surface area contributed by atoms with Crippen molar-refractivity contribution in [2.24, 2.45) is 0 Å². The number of benzene rings is 2. The smallest absolute Gasteiger partial charge is 0.227 e. The molecular formula is C21H18F2N4O. The number of carbonyl (C=O) groups excluding carboxylic acids is 1. The van der Waals surface area contributed by atoms with E-state index >= 15 is 0 Å². The fraction of sp³-hybridized carbons (Fsp3) is 0.190. The summed E-state index contributed by atoms with van der Waals surface area (Å²) in [5.41, 5.74) is 3.58. The van der Waals surface area contributed by atoms with Gasteiger partial charge in [0, 0.05) is 6.42 Å². The van der Waals surface area contributed by atoms with Gasteiger partial charge in [0.15, 0.2) is 5.82 Å². The Balaban J connectivity index is 1.53. The molecule has 142 valence electrons. The molecule has 1 aliphatic heterocycles. The van der Waals surface area contributed by atoms with Crippen LogP contribution in [0.4, 0.5) is 26.1 Å². The van der Waals surface area contributed by atoms with E-state index in [1.807, 2.05) is 18.2 Å².